The molecule has 3 aromatic rings. The molecular formula is C22H21FN4O3. The molecule has 1 aliphatic rings. The fourth-order valence-electron chi connectivity index (χ4n) is 3.07. The highest BCUT2D eigenvalue weighted by Crippen LogP contribution is 2.22. The van der Waals surface area contributed by atoms with Gasteiger partial charge in [0, 0.05) is 24.3 Å². The van der Waals surface area contributed by atoms with Gasteiger partial charge in [-0.15, -0.1) is 10.2 Å². The number of hydrogen-bond donors (Lipinski definition) is 1. The summed E-state index contributed by atoms with van der Waals surface area (Å²) in [6.45, 7) is 2.81. The van der Waals surface area contributed by atoms with Gasteiger partial charge in [-0.25, -0.2) is 4.39 Å². The smallest absolute Gasteiger partial charge is 0.262 e. The number of benzene rings is 2. The predicted molar refractivity (Wildman–Crippen MR) is 111 cm³/mol. The van der Waals surface area contributed by atoms with Gasteiger partial charge in [0.1, 0.15) is 11.6 Å². The molecule has 0 aliphatic carbocycles. The van der Waals surface area contributed by atoms with Crippen LogP contribution in [0.1, 0.15) is 0 Å². The summed E-state index contributed by atoms with van der Waals surface area (Å²) in [6.07, 6.45) is 0. The van der Waals surface area contributed by atoms with Crippen LogP contribution in [-0.4, -0.2) is 49.0 Å². The summed E-state index contributed by atoms with van der Waals surface area (Å²) in [7, 11) is 0. The molecule has 1 aromatic heterocycles. The molecule has 0 radical (unpaired) electrons. The van der Waals surface area contributed by atoms with E-state index in [-0.39, 0.29) is 18.3 Å². The summed E-state index contributed by atoms with van der Waals surface area (Å²) >= 11 is 0. The third kappa shape index (κ3) is 5.09. The Morgan fingerprint density at radius 2 is 1.87 bits per heavy atom. The number of anilines is 2. The highest BCUT2D eigenvalue weighted by Gasteiger charge is 2.13. The standard InChI is InChI=1S/C22H21FN4O3/c23-17-4-6-19(7-5-17)30-15-22(28)24-18-3-1-2-16(14-18)20-8-9-21(26-25-20)27-10-12-29-13-11-27/h1-9,14H,10-13,15H2,(H,24,28). The van der Waals surface area contributed by atoms with Crippen molar-refractivity contribution in [3.63, 3.8) is 0 Å². The van der Waals surface area contributed by atoms with Crippen molar-refractivity contribution in [2.75, 3.05) is 43.1 Å². The van der Waals surface area contributed by atoms with Crippen molar-refractivity contribution >= 4 is 17.4 Å². The Labute approximate surface area is 173 Å². The van der Waals surface area contributed by atoms with Gasteiger partial charge >= 0.3 is 0 Å². The lowest BCUT2D eigenvalue weighted by Crippen LogP contribution is -2.36. The van der Waals surface area contributed by atoms with Gasteiger partial charge in [0.05, 0.1) is 18.9 Å². The van der Waals surface area contributed by atoms with Crippen LogP contribution in [0.5, 0.6) is 5.75 Å². The van der Waals surface area contributed by atoms with Crippen molar-refractivity contribution < 1.29 is 18.7 Å². The molecular weight excluding hydrogens is 387 g/mol. The lowest BCUT2D eigenvalue weighted by molar-refractivity contribution is -0.118. The molecule has 8 heteroatoms. The van der Waals surface area contributed by atoms with Gasteiger partial charge in [-0.2, -0.15) is 0 Å². The molecule has 0 bridgehead atoms. The SMILES string of the molecule is O=C(COc1ccc(F)cc1)Nc1cccc(-c2ccc(N3CCOCC3)nn2)c1. The largest absolute Gasteiger partial charge is 0.484 e. The molecule has 0 unspecified atom stereocenters. The first-order valence-corrected chi connectivity index (χ1v) is 9.62. The fraction of sp³-hybridized carbons (Fsp3) is 0.227. The van der Waals surface area contributed by atoms with Crippen molar-refractivity contribution in [3.8, 4) is 17.0 Å². The predicted octanol–water partition coefficient (Wildman–Crippen LogP) is 3.14. The molecule has 2 heterocycles. The summed E-state index contributed by atoms with van der Waals surface area (Å²) < 4.78 is 23.6. The van der Waals surface area contributed by atoms with Crippen LogP contribution in [0.25, 0.3) is 11.3 Å². The van der Waals surface area contributed by atoms with Gasteiger partial charge in [0.25, 0.3) is 5.91 Å². The highest BCUT2D eigenvalue weighted by molar-refractivity contribution is 5.92. The fourth-order valence-corrected chi connectivity index (χ4v) is 3.07. The van der Waals surface area contributed by atoms with E-state index < -0.39 is 0 Å². The number of nitrogens with zero attached hydrogens (tertiary/aromatic N) is 3. The first-order chi connectivity index (χ1) is 14.7. The maximum atomic E-state index is 12.9. The summed E-state index contributed by atoms with van der Waals surface area (Å²) in [5, 5.41) is 11.4. The third-order valence-electron chi connectivity index (χ3n) is 4.61. The molecule has 1 aliphatic heterocycles. The summed E-state index contributed by atoms with van der Waals surface area (Å²) in [5.74, 6) is 0.579. The lowest BCUT2D eigenvalue weighted by atomic mass is 10.1. The van der Waals surface area contributed by atoms with Gasteiger partial charge in [-0.05, 0) is 48.5 Å². The molecule has 1 saturated heterocycles. The number of aromatic nitrogens is 2. The minimum absolute atomic E-state index is 0.177. The van der Waals surface area contributed by atoms with Gasteiger partial charge in [0.2, 0.25) is 0 Å². The Bertz CT molecular complexity index is 990. The van der Waals surface area contributed by atoms with E-state index in [4.69, 9.17) is 9.47 Å². The molecule has 7 nitrogen and oxygen atoms in total. The molecule has 30 heavy (non-hydrogen) atoms. The van der Waals surface area contributed by atoms with E-state index in [2.05, 4.69) is 20.4 Å². The molecule has 0 atom stereocenters. The number of morpholine rings is 1. The van der Waals surface area contributed by atoms with Crippen LogP contribution in [0.15, 0.2) is 60.7 Å². The van der Waals surface area contributed by atoms with E-state index in [1.54, 1.807) is 6.07 Å². The van der Waals surface area contributed by atoms with Gasteiger partial charge < -0.3 is 19.7 Å². The number of carbonyl (C=O) groups excluding carboxylic acids is 1. The molecule has 1 amide bonds. The number of ether oxygens (including phenoxy) is 2. The Kier molecular flexibility index (Phi) is 6.14. The van der Waals surface area contributed by atoms with E-state index in [0.717, 1.165) is 24.5 Å². The molecule has 1 N–H and O–H groups in total. The van der Waals surface area contributed by atoms with Gasteiger partial charge in [0.15, 0.2) is 12.4 Å². The minimum Gasteiger partial charge on any atom is -0.484 e. The Balaban J connectivity index is 1.37. The Morgan fingerprint density at radius 1 is 1.07 bits per heavy atom. The molecule has 0 spiro atoms. The topological polar surface area (TPSA) is 76.6 Å². The maximum absolute atomic E-state index is 12.9. The van der Waals surface area contributed by atoms with Crippen molar-refractivity contribution in [1.82, 2.24) is 10.2 Å². The monoisotopic (exact) mass is 408 g/mol. The van der Waals surface area contributed by atoms with Crippen LogP contribution in [0.4, 0.5) is 15.9 Å². The number of carbonyl (C=O) groups is 1. The zero-order chi connectivity index (χ0) is 20.8. The van der Waals surface area contributed by atoms with Crippen molar-refractivity contribution in [2.24, 2.45) is 0 Å². The average Bonchev–Trinajstić information content (AvgIpc) is 2.80. The second kappa shape index (κ2) is 9.32. The van der Waals surface area contributed by atoms with Crippen LogP contribution < -0.4 is 15.0 Å². The maximum Gasteiger partial charge on any atom is 0.262 e. The summed E-state index contributed by atoms with van der Waals surface area (Å²) in [5.41, 5.74) is 2.18. The summed E-state index contributed by atoms with van der Waals surface area (Å²) in [6, 6.07) is 16.7. The number of halogens is 1. The van der Waals surface area contributed by atoms with E-state index in [0.29, 0.717) is 30.3 Å². The van der Waals surface area contributed by atoms with Crippen molar-refractivity contribution in [1.29, 1.82) is 0 Å². The minimum atomic E-state index is -0.357. The van der Waals surface area contributed by atoms with E-state index >= 15 is 0 Å². The normalized spacial score (nSPS) is 13.7. The van der Waals surface area contributed by atoms with Crippen LogP contribution in [0.2, 0.25) is 0 Å². The number of rotatable bonds is 6. The van der Waals surface area contributed by atoms with Crippen LogP contribution in [0, 0.1) is 5.82 Å². The number of nitrogens with one attached hydrogen (secondary N) is 1. The first-order valence-electron chi connectivity index (χ1n) is 9.62. The number of hydrogen-bond acceptors (Lipinski definition) is 6. The van der Waals surface area contributed by atoms with Gasteiger partial charge in [-0.3, -0.25) is 4.79 Å². The molecule has 0 saturated carbocycles. The molecule has 154 valence electrons. The van der Waals surface area contributed by atoms with Crippen LogP contribution >= 0.6 is 0 Å². The zero-order valence-corrected chi connectivity index (χ0v) is 16.3. The van der Waals surface area contributed by atoms with E-state index in [1.165, 1.54) is 24.3 Å². The van der Waals surface area contributed by atoms with Crippen LogP contribution in [0.3, 0.4) is 0 Å². The lowest BCUT2D eigenvalue weighted by Gasteiger charge is -2.27. The second-order valence-corrected chi connectivity index (χ2v) is 6.75. The first kappa shape index (κ1) is 19.8. The third-order valence-corrected chi connectivity index (χ3v) is 4.61. The number of amides is 1. The van der Waals surface area contributed by atoms with E-state index in [9.17, 15) is 9.18 Å². The van der Waals surface area contributed by atoms with Crippen molar-refractivity contribution in [3.05, 3.63) is 66.5 Å². The van der Waals surface area contributed by atoms with Crippen LogP contribution in [-0.2, 0) is 9.53 Å². The molecule has 2 aromatic carbocycles. The molecule has 4 rings (SSSR count). The van der Waals surface area contributed by atoms with E-state index in [1.807, 2.05) is 30.3 Å². The molecule has 1 fully saturated rings. The van der Waals surface area contributed by atoms with Crippen molar-refractivity contribution in [2.45, 2.75) is 0 Å². The zero-order valence-electron chi connectivity index (χ0n) is 16.3. The summed E-state index contributed by atoms with van der Waals surface area (Å²) in [4.78, 5) is 14.3. The van der Waals surface area contributed by atoms with Gasteiger partial charge in [-0.1, -0.05) is 12.1 Å². The quantitative estimate of drug-likeness (QED) is 0.675. The Hall–Kier alpha value is -3.52. The average molecular weight is 408 g/mol. The Morgan fingerprint density at radius 3 is 2.60 bits per heavy atom. The second-order valence-electron chi connectivity index (χ2n) is 6.75. The highest BCUT2D eigenvalue weighted by atomic mass is 19.1.